The highest BCUT2D eigenvalue weighted by Gasteiger charge is 2.28. The molecule has 6 heteroatoms. The fraction of sp³-hybridized carbons (Fsp3) is 0.435. The fourth-order valence-corrected chi connectivity index (χ4v) is 3.58. The molecule has 29 heavy (non-hydrogen) atoms. The van der Waals surface area contributed by atoms with E-state index in [-0.39, 0.29) is 11.8 Å². The smallest absolute Gasteiger partial charge is 0.407 e. The van der Waals surface area contributed by atoms with E-state index in [9.17, 15) is 9.90 Å². The molecule has 0 aromatic heterocycles. The number of nitrogens with one attached hydrogen (secondary N) is 1. The van der Waals surface area contributed by atoms with Crippen molar-refractivity contribution in [2.75, 3.05) is 31.1 Å². The third-order valence-electron chi connectivity index (χ3n) is 4.88. The summed E-state index contributed by atoms with van der Waals surface area (Å²) in [6, 6.07) is 17.8. The van der Waals surface area contributed by atoms with Crippen molar-refractivity contribution in [2.24, 2.45) is 0 Å². The standard InChI is InChI=1S/C23H31N3O3/c1-23(2,3)29-22(28)24-15-20-17-25(16-18-7-5-4-6-8-18)13-14-26(20)19-9-11-21(27)12-10-19/h4-12,20,27H,13-17H2,1-3H3,(H,24,28). The first-order valence-corrected chi connectivity index (χ1v) is 10.1. The first-order chi connectivity index (χ1) is 13.8. The Labute approximate surface area is 173 Å². The lowest BCUT2D eigenvalue weighted by atomic mass is 10.1. The van der Waals surface area contributed by atoms with Crippen molar-refractivity contribution in [3.05, 3.63) is 60.2 Å². The zero-order valence-corrected chi connectivity index (χ0v) is 17.5. The molecule has 3 rings (SSSR count). The molecule has 6 nitrogen and oxygen atoms in total. The molecule has 0 bridgehead atoms. The van der Waals surface area contributed by atoms with Gasteiger partial charge in [-0.1, -0.05) is 30.3 Å². The first kappa shape index (κ1) is 21.0. The molecule has 0 spiro atoms. The number of carbonyl (C=O) groups excluding carboxylic acids is 1. The molecule has 1 unspecified atom stereocenters. The van der Waals surface area contributed by atoms with Crippen molar-refractivity contribution >= 4 is 11.8 Å². The molecular formula is C23H31N3O3. The lowest BCUT2D eigenvalue weighted by Crippen LogP contribution is -2.57. The second-order valence-electron chi connectivity index (χ2n) is 8.47. The number of alkyl carbamates (subject to hydrolysis) is 1. The van der Waals surface area contributed by atoms with E-state index >= 15 is 0 Å². The number of phenolic OH excluding ortho intramolecular Hbond substituents is 1. The summed E-state index contributed by atoms with van der Waals surface area (Å²) in [6.07, 6.45) is -0.400. The topological polar surface area (TPSA) is 65.0 Å². The molecule has 0 aliphatic carbocycles. The largest absolute Gasteiger partial charge is 0.508 e. The molecular weight excluding hydrogens is 366 g/mol. The number of aromatic hydroxyl groups is 1. The van der Waals surface area contributed by atoms with Crippen molar-refractivity contribution in [1.82, 2.24) is 10.2 Å². The van der Waals surface area contributed by atoms with Crippen LogP contribution in [0.3, 0.4) is 0 Å². The van der Waals surface area contributed by atoms with E-state index in [1.54, 1.807) is 12.1 Å². The van der Waals surface area contributed by atoms with Crippen LogP contribution in [0.15, 0.2) is 54.6 Å². The van der Waals surface area contributed by atoms with E-state index in [0.29, 0.717) is 6.54 Å². The minimum atomic E-state index is -0.521. The average Bonchev–Trinajstić information content (AvgIpc) is 2.67. The van der Waals surface area contributed by atoms with Gasteiger partial charge in [0.05, 0.1) is 6.04 Å². The van der Waals surface area contributed by atoms with Gasteiger partial charge < -0.3 is 20.1 Å². The zero-order valence-electron chi connectivity index (χ0n) is 17.5. The van der Waals surface area contributed by atoms with E-state index in [4.69, 9.17) is 4.74 Å². The molecule has 1 atom stereocenters. The molecule has 2 aromatic rings. The summed E-state index contributed by atoms with van der Waals surface area (Å²) in [5.41, 5.74) is 1.80. The molecule has 2 N–H and O–H groups in total. The van der Waals surface area contributed by atoms with Gasteiger partial charge in [0.1, 0.15) is 11.4 Å². The van der Waals surface area contributed by atoms with E-state index in [1.807, 2.05) is 39.0 Å². The lowest BCUT2D eigenvalue weighted by molar-refractivity contribution is 0.0519. The number of benzene rings is 2. The molecule has 1 amide bonds. The maximum atomic E-state index is 12.2. The van der Waals surface area contributed by atoms with Crippen LogP contribution in [0.1, 0.15) is 26.3 Å². The minimum Gasteiger partial charge on any atom is -0.508 e. The van der Waals surface area contributed by atoms with Crippen molar-refractivity contribution in [2.45, 2.75) is 39.0 Å². The molecule has 1 saturated heterocycles. The normalized spacial score (nSPS) is 17.8. The van der Waals surface area contributed by atoms with Gasteiger partial charge in [-0.25, -0.2) is 4.79 Å². The molecule has 1 heterocycles. The summed E-state index contributed by atoms with van der Waals surface area (Å²) in [6.45, 7) is 9.55. The molecule has 1 aliphatic heterocycles. The summed E-state index contributed by atoms with van der Waals surface area (Å²) in [7, 11) is 0. The Morgan fingerprint density at radius 1 is 1.10 bits per heavy atom. The van der Waals surface area contributed by atoms with Gasteiger partial charge in [0.2, 0.25) is 0 Å². The van der Waals surface area contributed by atoms with Crippen molar-refractivity contribution in [1.29, 1.82) is 0 Å². The number of nitrogens with zero attached hydrogens (tertiary/aromatic N) is 2. The third kappa shape index (κ3) is 6.39. The predicted octanol–water partition coefficient (Wildman–Crippen LogP) is 3.61. The maximum absolute atomic E-state index is 12.2. The Kier molecular flexibility index (Phi) is 6.64. The number of anilines is 1. The Morgan fingerprint density at radius 2 is 1.79 bits per heavy atom. The highest BCUT2D eigenvalue weighted by Crippen LogP contribution is 2.24. The molecule has 0 saturated carbocycles. The summed E-state index contributed by atoms with van der Waals surface area (Å²) in [5, 5.41) is 12.5. The maximum Gasteiger partial charge on any atom is 0.407 e. The molecule has 0 radical (unpaired) electrons. The summed E-state index contributed by atoms with van der Waals surface area (Å²) >= 11 is 0. The van der Waals surface area contributed by atoms with Crippen LogP contribution in [0.2, 0.25) is 0 Å². The summed E-state index contributed by atoms with van der Waals surface area (Å²) in [5.74, 6) is 0.250. The number of phenols is 1. The van der Waals surface area contributed by atoms with Gasteiger partial charge in [0.25, 0.3) is 0 Å². The van der Waals surface area contributed by atoms with E-state index in [0.717, 1.165) is 31.9 Å². The Morgan fingerprint density at radius 3 is 2.45 bits per heavy atom. The number of hydrogen-bond acceptors (Lipinski definition) is 5. The van der Waals surface area contributed by atoms with Gasteiger partial charge in [-0.05, 0) is 50.6 Å². The molecule has 2 aromatic carbocycles. The quantitative estimate of drug-likeness (QED) is 0.807. The van der Waals surface area contributed by atoms with E-state index in [1.165, 1.54) is 5.56 Å². The van der Waals surface area contributed by atoms with Crippen LogP contribution in [-0.2, 0) is 11.3 Å². The average molecular weight is 398 g/mol. The third-order valence-corrected chi connectivity index (χ3v) is 4.88. The van der Waals surface area contributed by atoms with Crippen LogP contribution in [0.25, 0.3) is 0 Å². The number of piperazine rings is 1. The number of hydrogen-bond donors (Lipinski definition) is 2. The first-order valence-electron chi connectivity index (χ1n) is 10.1. The van der Waals surface area contributed by atoms with Crippen LogP contribution < -0.4 is 10.2 Å². The van der Waals surface area contributed by atoms with Crippen LogP contribution in [0.5, 0.6) is 5.75 Å². The summed E-state index contributed by atoms with van der Waals surface area (Å²) in [4.78, 5) is 16.9. The lowest BCUT2D eigenvalue weighted by Gasteiger charge is -2.43. The fourth-order valence-electron chi connectivity index (χ4n) is 3.58. The second-order valence-corrected chi connectivity index (χ2v) is 8.47. The van der Waals surface area contributed by atoms with Gasteiger partial charge in [-0.2, -0.15) is 0 Å². The van der Waals surface area contributed by atoms with Gasteiger partial charge in [0, 0.05) is 38.4 Å². The SMILES string of the molecule is CC(C)(C)OC(=O)NCC1CN(Cc2ccccc2)CCN1c1ccc(O)cc1. The van der Waals surface area contributed by atoms with Crippen LogP contribution >= 0.6 is 0 Å². The van der Waals surface area contributed by atoms with Gasteiger partial charge >= 0.3 is 6.09 Å². The van der Waals surface area contributed by atoms with E-state index < -0.39 is 11.7 Å². The monoisotopic (exact) mass is 397 g/mol. The van der Waals surface area contributed by atoms with Crippen molar-refractivity contribution in [3.63, 3.8) is 0 Å². The highest BCUT2D eigenvalue weighted by atomic mass is 16.6. The van der Waals surface area contributed by atoms with Gasteiger partial charge in [-0.15, -0.1) is 0 Å². The van der Waals surface area contributed by atoms with Gasteiger partial charge in [-0.3, -0.25) is 4.90 Å². The number of ether oxygens (including phenoxy) is 1. The van der Waals surface area contributed by atoms with Crippen LogP contribution in [0.4, 0.5) is 10.5 Å². The number of amides is 1. The Hall–Kier alpha value is -2.73. The van der Waals surface area contributed by atoms with Crippen LogP contribution in [0, 0.1) is 0 Å². The number of carbonyl (C=O) groups is 1. The number of rotatable bonds is 5. The minimum absolute atomic E-state index is 0.101. The Balaban J connectivity index is 1.68. The van der Waals surface area contributed by atoms with Crippen molar-refractivity contribution in [3.8, 4) is 5.75 Å². The van der Waals surface area contributed by atoms with E-state index in [2.05, 4.69) is 39.4 Å². The summed E-state index contributed by atoms with van der Waals surface area (Å²) < 4.78 is 5.39. The molecule has 1 aliphatic rings. The predicted molar refractivity (Wildman–Crippen MR) is 115 cm³/mol. The van der Waals surface area contributed by atoms with Crippen LogP contribution in [-0.4, -0.2) is 53.9 Å². The zero-order chi connectivity index (χ0) is 20.9. The molecule has 156 valence electrons. The second kappa shape index (κ2) is 9.18. The molecule has 1 fully saturated rings. The highest BCUT2D eigenvalue weighted by molar-refractivity contribution is 5.67. The van der Waals surface area contributed by atoms with Crippen molar-refractivity contribution < 1.29 is 14.6 Å². The van der Waals surface area contributed by atoms with Gasteiger partial charge in [0.15, 0.2) is 0 Å². The Bertz CT molecular complexity index is 787.